The number of carboxylic acid groups (broad SMARTS) is 1. The Bertz CT molecular complexity index is 467. The number of hydrogen-bond donors (Lipinski definition) is 1. The first-order valence-electron chi connectivity index (χ1n) is 4.95. The Morgan fingerprint density at radius 2 is 1.82 bits per heavy atom. The van der Waals surface area contributed by atoms with E-state index in [9.17, 15) is 18.4 Å². The molecule has 5 heteroatoms. The Kier molecular flexibility index (Phi) is 3.60. The molecule has 0 aliphatic carbocycles. The van der Waals surface area contributed by atoms with Crippen LogP contribution in [0, 0.1) is 17.0 Å². The summed E-state index contributed by atoms with van der Waals surface area (Å²) in [7, 11) is 0. The van der Waals surface area contributed by atoms with Crippen LogP contribution in [0.15, 0.2) is 18.2 Å². The Labute approximate surface area is 97.1 Å². The Morgan fingerprint density at radius 3 is 2.29 bits per heavy atom. The predicted molar refractivity (Wildman–Crippen MR) is 56.7 cm³/mol. The fourth-order valence-electron chi connectivity index (χ4n) is 1.25. The van der Waals surface area contributed by atoms with Gasteiger partial charge in [0.15, 0.2) is 17.4 Å². The lowest BCUT2D eigenvalue weighted by Crippen LogP contribution is -2.27. The summed E-state index contributed by atoms with van der Waals surface area (Å²) in [6.07, 6.45) is -0.270. The highest BCUT2D eigenvalue weighted by Crippen LogP contribution is 2.23. The highest BCUT2D eigenvalue weighted by atomic mass is 19.2. The number of carboxylic acids is 1. The molecule has 0 unspecified atom stereocenters. The highest BCUT2D eigenvalue weighted by Gasteiger charge is 2.30. The lowest BCUT2D eigenvalue weighted by Gasteiger charge is -2.17. The van der Waals surface area contributed by atoms with Gasteiger partial charge in [-0.05, 0) is 32.0 Å². The third-order valence-electron chi connectivity index (χ3n) is 2.42. The van der Waals surface area contributed by atoms with Gasteiger partial charge in [-0.15, -0.1) is 0 Å². The first-order chi connectivity index (χ1) is 7.74. The van der Waals surface area contributed by atoms with Crippen molar-refractivity contribution in [2.75, 3.05) is 0 Å². The number of hydrogen-bond acceptors (Lipinski definition) is 2. The average molecular weight is 242 g/mol. The molecule has 0 atom stereocenters. The summed E-state index contributed by atoms with van der Waals surface area (Å²) in [5, 5.41) is 8.85. The van der Waals surface area contributed by atoms with Crippen molar-refractivity contribution in [3.63, 3.8) is 0 Å². The van der Waals surface area contributed by atoms with Crippen molar-refractivity contribution in [1.82, 2.24) is 0 Å². The first-order valence-corrected chi connectivity index (χ1v) is 4.95. The molecule has 0 fully saturated rings. The van der Waals surface area contributed by atoms with Crippen LogP contribution in [0.3, 0.4) is 0 Å². The second kappa shape index (κ2) is 4.61. The quantitative estimate of drug-likeness (QED) is 0.826. The molecule has 0 saturated carbocycles. The fraction of sp³-hybridized carbons (Fsp3) is 0.333. The van der Waals surface area contributed by atoms with Crippen molar-refractivity contribution in [3.05, 3.63) is 35.4 Å². The van der Waals surface area contributed by atoms with Gasteiger partial charge in [0.25, 0.3) is 0 Å². The van der Waals surface area contributed by atoms with Crippen molar-refractivity contribution < 1.29 is 23.5 Å². The van der Waals surface area contributed by atoms with E-state index >= 15 is 0 Å². The van der Waals surface area contributed by atoms with E-state index < -0.39 is 28.8 Å². The first kappa shape index (κ1) is 13.3. The molecule has 0 heterocycles. The molecule has 92 valence electrons. The second-order valence-electron chi connectivity index (χ2n) is 4.42. The zero-order chi connectivity index (χ0) is 13.2. The number of rotatable bonds is 4. The zero-order valence-corrected chi connectivity index (χ0v) is 9.46. The zero-order valence-electron chi connectivity index (χ0n) is 9.46. The van der Waals surface area contributed by atoms with E-state index in [-0.39, 0.29) is 12.0 Å². The number of carbonyl (C=O) groups is 2. The third-order valence-corrected chi connectivity index (χ3v) is 2.42. The minimum atomic E-state index is -1.23. The maximum Gasteiger partial charge on any atom is 0.309 e. The number of benzene rings is 1. The van der Waals surface area contributed by atoms with Gasteiger partial charge in [0.05, 0.1) is 5.41 Å². The van der Waals surface area contributed by atoms with Gasteiger partial charge in [-0.2, -0.15) is 0 Å². The van der Waals surface area contributed by atoms with Gasteiger partial charge in [0.2, 0.25) is 0 Å². The van der Waals surface area contributed by atoms with E-state index in [0.717, 1.165) is 18.2 Å². The molecule has 1 rings (SSSR count). The van der Waals surface area contributed by atoms with Crippen LogP contribution in [0.4, 0.5) is 8.78 Å². The standard InChI is InChI=1S/C12H12F2O3/c1-12(2,11(16)17)6-10(15)7-3-4-8(13)9(14)5-7/h3-5H,6H2,1-2H3,(H,16,17). The molecule has 17 heavy (non-hydrogen) atoms. The van der Waals surface area contributed by atoms with Crippen molar-refractivity contribution in [3.8, 4) is 0 Å². The number of aliphatic carboxylic acids is 1. The molecule has 0 aliphatic rings. The Morgan fingerprint density at radius 1 is 1.24 bits per heavy atom. The van der Waals surface area contributed by atoms with Crippen LogP contribution in [0.1, 0.15) is 30.6 Å². The molecular formula is C12H12F2O3. The SMILES string of the molecule is CC(C)(CC(=O)c1ccc(F)c(F)c1)C(=O)O. The summed E-state index contributed by atoms with van der Waals surface area (Å²) in [6, 6.07) is 2.75. The van der Waals surface area contributed by atoms with E-state index in [2.05, 4.69) is 0 Å². The van der Waals surface area contributed by atoms with Gasteiger partial charge in [-0.1, -0.05) is 0 Å². The van der Waals surface area contributed by atoms with Crippen molar-refractivity contribution >= 4 is 11.8 Å². The highest BCUT2D eigenvalue weighted by molar-refractivity contribution is 5.98. The van der Waals surface area contributed by atoms with Gasteiger partial charge in [0.1, 0.15) is 0 Å². The van der Waals surface area contributed by atoms with E-state index in [4.69, 9.17) is 5.11 Å². The molecule has 0 saturated heterocycles. The second-order valence-corrected chi connectivity index (χ2v) is 4.42. The summed E-state index contributed by atoms with van der Waals surface area (Å²) < 4.78 is 25.5. The molecule has 0 aromatic heterocycles. The summed E-state index contributed by atoms with van der Waals surface area (Å²) in [5.41, 5.74) is -1.26. The van der Waals surface area contributed by atoms with Crippen LogP contribution in [-0.4, -0.2) is 16.9 Å². The van der Waals surface area contributed by atoms with E-state index in [1.165, 1.54) is 13.8 Å². The van der Waals surface area contributed by atoms with Crippen LogP contribution < -0.4 is 0 Å². The molecule has 1 aromatic carbocycles. The molecule has 1 N–H and O–H groups in total. The Balaban J connectivity index is 2.91. The number of Topliss-reactive ketones (excluding diaryl/α,β-unsaturated/α-hetero) is 1. The molecule has 1 aromatic rings. The van der Waals surface area contributed by atoms with E-state index in [1.54, 1.807) is 0 Å². The minimum Gasteiger partial charge on any atom is -0.481 e. The molecule has 0 amide bonds. The maximum absolute atomic E-state index is 12.9. The smallest absolute Gasteiger partial charge is 0.309 e. The van der Waals surface area contributed by atoms with Gasteiger partial charge in [-0.25, -0.2) is 8.78 Å². The summed E-state index contributed by atoms with van der Waals surface area (Å²) >= 11 is 0. The lowest BCUT2D eigenvalue weighted by atomic mass is 9.86. The van der Waals surface area contributed by atoms with Gasteiger partial charge in [-0.3, -0.25) is 9.59 Å². The molecule has 0 bridgehead atoms. The normalized spacial score (nSPS) is 11.3. The number of ketones is 1. The monoisotopic (exact) mass is 242 g/mol. The molecule has 0 spiro atoms. The lowest BCUT2D eigenvalue weighted by molar-refractivity contribution is -0.146. The van der Waals surface area contributed by atoms with Crippen LogP contribution in [-0.2, 0) is 4.79 Å². The van der Waals surface area contributed by atoms with Gasteiger partial charge < -0.3 is 5.11 Å². The van der Waals surface area contributed by atoms with Crippen LogP contribution >= 0.6 is 0 Å². The fourth-order valence-corrected chi connectivity index (χ4v) is 1.25. The van der Waals surface area contributed by atoms with E-state index in [1.807, 2.05) is 0 Å². The summed E-state index contributed by atoms with van der Waals surface area (Å²) in [4.78, 5) is 22.5. The largest absolute Gasteiger partial charge is 0.481 e. The molecule has 3 nitrogen and oxygen atoms in total. The van der Waals surface area contributed by atoms with Crippen LogP contribution in [0.2, 0.25) is 0 Å². The third kappa shape index (κ3) is 3.09. The van der Waals surface area contributed by atoms with Crippen molar-refractivity contribution in [2.45, 2.75) is 20.3 Å². The summed E-state index contributed by atoms with van der Waals surface area (Å²) in [5.74, 6) is -3.81. The van der Waals surface area contributed by atoms with Crippen LogP contribution in [0.25, 0.3) is 0 Å². The predicted octanol–water partition coefficient (Wildman–Crippen LogP) is 2.65. The van der Waals surface area contributed by atoms with Gasteiger partial charge in [0, 0.05) is 12.0 Å². The number of carbonyl (C=O) groups excluding carboxylic acids is 1. The van der Waals surface area contributed by atoms with E-state index in [0.29, 0.717) is 0 Å². The molecule has 0 radical (unpaired) electrons. The van der Waals surface area contributed by atoms with Crippen molar-refractivity contribution in [2.24, 2.45) is 5.41 Å². The molecular weight excluding hydrogens is 230 g/mol. The molecule has 0 aliphatic heterocycles. The van der Waals surface area contributed by atoms with Gasteiger partial charge >= 0.3 is 5.97 Å². The number of halogens is 2. The topological polar surface area (TPSA) is 54.4 Å². The Hall–Kier alpha value is -1.78. The minimum absolute atomic E-state index is 0.0294. The average Bonchev–Trinajstić information content (AvgIpc) is 2.21. The van der Waals surface area contributed by atoms with Crippen molar-refractivity contribution in [1.29, 1.82) is 0 Å². The van der Waals surface area contributed by atoms with Crippen LogP contribution in [0.5, 0.6) is 0 Å². The maximum atomic E-state index is 12.9. The summed E-state index contributed by atoms with van der Waals surface area (Å²) in [6.45, 7) is 2.79.